The number of hydrogen-bond acceptors (Lipinski definition) is 3. The first-order valence-corrected chi connectivity index (χ1v) is 6.64. The molecule has 2 N–H and O–H groups in total. The van der Waals surface area contributed by atoms with Crippen LogP contribution in [0.25, 0.3) is 0 Å². The van der Waals surface area contributed by atoms with E-state index >= 15 is 0 Å². The van der Waals surface area contributed by atoms with E-state index < -0.39 is 0 Å². The van der Waals surface area contributed by atoms with E-state index in [0.29, 0.717) is 0 Å². The Morgan fingerprint density at radius 3 is 2.72 bits per heavy atom. The highest BCUT2D eigenvalue weighted by Crippen LogP contribution is 2.27. The second-order valence-electron chi connectivity index (χ2n) is 4.48. The van der Waals surface area contributed by atoms with Crippen molar-refractivity contribution in [3.05, 3.63) is 52.4 Å². The van der Waals surface area contributed by atoms with Crippen LogP contribution >= 0.6 is 15.9 Å². The van der Waals surface area contributed by atoms with E-state index in [0.717, 1.165) is 27.8 Å². The molecule has 0 saturated carbocycles. The molecule has 3 nitrogen and oxygen atoms in total. The summed E-state index contributed by atoms with van der Waals surface area (Å²) >= 11 is 3.57. The highest BCUT2D eigenvalue weighted by Gasteiger charge is 2.08. The first-order chi connectivity index (χ1) is 8.58. The zero-order chi connectivity index (χ0) is 13.1. The van der Waals surface area contributed by atoms with Gasteiger partial charge < -0.3 is 15.1 Å². The summed E-state index contributed by atoms with van der Waals surface area (Å²) in [6.45, 7) is 2.80. The monoisotopic (exact) mass is 308 g/mol. The maximum Gasteiger partial charge on any atom is 0.0952 e. The van der Waals surface area contributed by atoms with Gasteiger partial charge in [0, 0.05) is 35.4 Å². The lowest BCUT2D eigenvalue weighted by Crippen LogP contribution is -2.16. The molecule has 0 bridgehead atoms. The standard InChI is InChI=1S/C14H17BrN2O/c1-10(16)13-4-3-12(7-14(13)15)17(2)8-11-5-6-18-9-11/h3-7,9-10H,8,16H2,1-2H3/t10-/m1/s1. The number of anilines is 1. The van der Waals surface area contributed by atoms with Crippen molar-refractivity contribution in [1.29, 1.82) is 0 Å². The molecule has 0 aliphatic heterocycles. The fourth-order valence-electron chi connectivity index (χ4n) is 1.87. The average Bonchev–Trinajstić information content (AvgIpc) is 2.81. The molecule has 0 aliphatic rings. The molecule has 2 rings (SSSR count). The molecule has 1 atom stereocenters. The van der Waals surface area contributed by atoms with Crippen molar-refractivity contribution in [1.82, 2.24) is 0 Å². The molecule has 0 unspecified atom stereocenters. The zero-order valence-electron chi connectivity index (χ0n) is 10.6. The zero-order valence-corrected chi connectivity index (χ0v) is 12.1. The van der Waals surface area contributed by atoms with Gasteiger partial charge in [0.15, 0.2) is 0 Å². The molecule has 1 aromatic carbocycles. The largest absolute Gasteiger partial charge is 0.472 e. The molecule has 4 heteroatoms. The van der Waals surface area contributed by atoms with Crippen LogP contribution in [0.4, 0.5) is 5.69 Å². The summed E-state index contributed by atoms with van der Waals surface area (Å²) in [4.78, 5) is 2.17. The minimum absolute atomic E-state index is 0.0348. The third-order valence-electron chi connectivity index (χ3n) is 2.92. The van der Waals surface area contributed by atoms with E-state index in [-0.39, 0.29) is 6.04 Å². The molecule has 18 heavy (non-hydrogen) atoms. The van der Waals surface area contributed by atoms with Crippen molar-refractivity contribution < 1.29 is 4.42 Å². The topological polar surface area (TPSA) is 42.4 Å². The number of halogens is 1. The first kappa shape index (κ1) is 13.2. The van der Waals surface area contributed by atoms with E-state index in [1.807, 2.05) is 13.0 Å². The summed E-state index contributed by atoms with van der Waals surface area (Å²) in [5.74, 6) is 0. The molecule has 0 radical (unpaired) electrons. The number of nitrogens with two attached hydrogens (primary N) is 1. The number of benzene rings is 1. The van der Waals surface area contributed by atoms with Gasteiger partial charge in [-0.2, -0.15) is 0 Å². The van der Waals surface area contributed by atoms with Crippen LogP contribution in [0.1, 0.15) is 24.1 Å². The van der Waals surface area contributed by atoms with Gasteiger partial charge in [-0.05, 0) is 30.7 Å². The number of rotatable bonds is 4. The predicted molar refractivity (Wildman–Crippen MR) is 77.6 cm³/mol. The molecule has 1 aromatic heterocycles. The van der Waals surface area contributed by atoms with Crippen molar-refractivity contribution in [3.63, 3.8) is 0 Å². The lowest BCUT2D eigenvalue weighted by molar-refractivity contribution is 0.563. The normalized spacial score (nSPS) is 12.4. The fourth-order valence-corrected chi connectivity index (χ4v) is 2.60. The van der Waals surface area contributed by atoms with Crippen LogP contribution in [0.5, 0.6) is 0 Å². The molecule has 0 saturated heterocycles. The van der Waals surface area contributed by atoms with Gasteiger partial charge in [0.05, 0.1) is 12.5 Å². The Bertz CT molecular complexity index is 509. The van der Waals surface area contributed by atoms with E-state index in [1.54, 1.807) is 12.5 Å². The molecule has 0 fully saturated rings. The van der Waals surface area contributed by atoms with E-state index in [9.17, 15) is 0 Å². The van der Waals surface area contributed by atoms with E-state index in [1.165, 1.54) is 0 Å². The lowest BCUT2D eigenvalue weighted by Gasteiger charge is -2.20. The Balaban J connectivity index is 2.16. The SMILES string of the molecule is C[C@@H](N)c1ccc(N(C)Cc2ccoc2)cc1Br. The van der Waals surface area contributed by atoms with Crippen molar-refractivity contribution in [2.45, 2.75) is 19.5 Å². The van der Waals surface area contributed by atoms with Gasteiger partial charge in [-0.15, -0.1) is 0 Å². The van der Waals surface area contributed by atoms with Gasteiger partial charge in [0.2, 0.25) is 0 Å². The number of furan rings is 1. The minimum atomic E-state index is 0.0348. The maximum absolute atomic E-state index is 5.89. The third-order valence-corrected chi connectivity index (χ3v) is 3.60. The predicted octanol–water partition coefficient (Wildman–Crippen LogP) is 3.70. The molecule has 1 heterocycles. The van der Waals surface area contributed by atoms with Crippen molar-refractivity contribution in [2.75, 3.05) is 11.9 Å². The van der Waals surface area contributed by atoms with Gasteiger partial charge in [-0.25, -0.2) is 0 Å². The quantitative estimate of drug-likeness (QED) is 0.936. The maximum atomic E-state index is 5.89. The van der Waals surface area contributed by atoms with Gasteiger partial charge in [-0.1, -0.05) is 22.0 Å². The van der Waals surface area contributed by atoms with Gasteiger partial charge in [-0.3, -0.25) is 0 Å². The van der Waals surface area contributed by atoms with Crippen LogP contribution < -0.4 is 10.6 Å². The van der Waals surface area contributed by atoms with Crippen LogP contribution in [0.3, 0.4) is 0 Å². The molecule has 0 aliphatic carbocycles. The highest BCUT2D eigenvalue weighted by molar-refractivity contribution is 9.10. The Morgan fingerprint density at radius 2 is 2.17 bits per heavy atom. The van der Waals surface area contributed by atoms with Gasteiger partial charge in [0.25, 0.3) is 0 Å². The summed E-state index contributed by atoms with van der Waals surface area (Å²) in [5.41, 5.74) is 9.32. The molecule has 2 aromatic rings. The Kier molecular flexibility index (Phi) is 4.09. The van der Waals surface area contributed by atoms with E-state index in [4.69, 9.17) is 10.2 Å². The average molecular weight is 309 g/mol. The van der Waals surface area contributed by atoms with Crippen LogP contribution in [0.15, 0.2) is 45.7 Å². The number of hydrogen-bond donors (Lipinski definition) is 1. The Hall–Kier alpha value is -1.26. The van der Waals surface area contributed by atoms with Crippen molar-refractivity contribution >= 4 is 21.6 Å². The second-order valence-corrected chi connectivity index (χ2v) is 5.34. The van der Waals surface area contributed by atoms with Gasteiger partial charge >= 0.3 is 0 Å². The summed E-state index contributed by atoms with van der Waals surface area (Å²) in [5, 5.41) is 0. The van der Waals surface area contributed by atoms with Crippen LogP contribution in [0, 0.1) is 0 Å². The summed E-state index contributed by atoms with van der Waals surface area (Å²) in [6, 6.07) is 8.26. The summed E-state index contributed by atoms with van der Waals surface area (Å²) in [7, 11) is 2.06. The van der Waals surface area contributed by atoms with E-state index in [2.05, 4.69) is 46.1 Å². The lowest BCUT2D eigenvalue weighted by atomic mass is 10.1. The first-order valence-electron chi connectivity index (χ1n) is 5.85. The Labute approximate surface area is 116 Å². The van der Waals surface area contributed by atoms with Crippen molar-refractivity contribution in [2.24, 2.45) is 5.73 Å². The van der Waals surface area contributed by atoms with Crippen LogP contribution in [-0.4, -0.2) is 7.05 Å². The summed E-state index contributed by atoms with van der Waals surface area (Å²) in [6.07, 6.45) is 3.46. The fraction of sp³-hybridized carbons (Fsp3) is 0.286. The third kappa shape index (κ3) is 2.94. The minimum Gasteiger partial charge on any atom is -0.472 e. The molecular weight excluding hydrogens is 292 g/mol. The van der Waals surface area contributed by atoms with Crippen LogP contribution in [0.2, 0.25) is 0 Å². The number of nitrogens with zero attached hydrogens (tertiary/aromatic N) is 1. The second kappa shape index (κ2) is 5.59. The smallest absolute Gasteiger partial charge is 0.0952 e. The van der Waals surface area contributed by atoms with Gasteiger partial charge in [0.1, 0.15) is 0 Å². The summed E-state index contributed by atoms with van der Waals surface area (Å²) < 4.78 is 6.12. The molecule has 0 spiro atoms. The Morgan fingerprint density at radius 1 is 1.39 bits per heavy atom. The van der Waals surface area contributed by atoms with Crippen molar-refractivity contribution in [3.8, 4) is 0 Å². The molecule has 0 amide bonds. The molecule has 96 valence electrons. The molecular formula is C14H17BrN2O. The van der Waals surface area contributed by atoms with Crippen LogP contribution in [-0.2, 0) is 6.54 Å². The highest BCUT2D eigenvalue weighted by atomic mass is 79.9.